The normalized spacial score (nSPS) is 12.4. The second kappa shape index (κ2) is 7.13. The van der Waals surface area contributed by atoms with Gasteiger partial charge in [-0.15, -0.1) is 0 Å². The number of nitrogens with zero attached hydrogens (tertiary/aromatic N) is 1. The molecule has 1 aromatic heterocycles. The number of hydrogen-bond acceptors (Lipinski definition) is 6. The second-order valence-corrected chi connectivity index (χ2v) is 4.04. The predicted octanol–water partition coefficient (Wildman–Crippen LogP) is 0.695. The van der Waals surface area contributed by atoms with Crippen LogP contribution in [-0.2, 0) is 16.1 Å². The number of hydrogen-bond donors (Lipinski definition) is 2. The minimum Gasteiger partial charge on any atom is -0.466 e. The Balaban J connectivity index is 2.23. The summed E-state index contributed by atoms with van der Waals surface area (Å²) in [6.45, 7) is 6.50. The van der Waals surface area contributed by atoms with Gasteiger partial charge in [-0.05, 0) is 20.8 Å². The lowest BCUT2D eigenvalue weighted by Crippen LogP contribution is -2.29. The van der Waals surface area contributed by atoms with Gasteiger partial charge in [-0.1, -0.05) is 0 Å². The fraction of sp³-hybridized carbons (Fsp3) is 0.667. The molecule has 0 aliphatic heterocycles. The van der Waals surface area contributed by atoms with Crippen molar-refractivity contribution in [3.05, 3.63) is 17.3 Å². The number of esters is 1. The number of aryl methyl sites for hydroxylation is 2. The molecule has 0 aliphatic rings. The molecule has 0 radical (unpaired) electrons. The average molecular weight is 256 g/mol. The van der Waals surface area contributed by atoms with Crippen molar-refractivity contribution in [2.75, 3.05) is 13.2 Å². The Morgan fingerprint density at radius 2 is 2.28 bits per heavy atom. The minimum atomic E-state index is -0.763. The van der Waals surface area contributed by atoms with Gasteiger partial charge in [-0.25, -0.2) is 4.98 Å². The molecule has 0 saturated heterocycles. The van der Waals surface area contributed by atoms with Gasteiger partial charge >= 0.3 is 5.97 Å². The van der Waals surface area contributed by atoms with E-state index in [4.69, 9.17) is 9.15 Å². The highest BCUT2D eigenvalue weighted by atomic mass is 16.5. The van der Waals surface area contributed by atoms with Crippen molar-refractivity contribution in [3.63, 3.8) is 0 Å². The van der Waals surface area contributed by atoms with Gasteiger partial charge < -0.3 is 19.6 Å². The summed E-state index contributed by atoms with van der Waals surface area (Å²) in [6, 6.07) is 0. The van der Waals surface area contributed by atoms with E-state index >= 15 is 0 Å². The summed E-state index contributed by atoms with van der Waals surface area (Å²) in [6.07, 6.45) is -0.772. The molecule has 1 atom stereocenters. The van der Waals surface area contributed by atoms with E-state index in [0.717, 1.165) is 11.5 Å². The summed E-state index contributed by atoms with van der Waals surface area (Å²) < 4.78 is 10.1. The quantitative estimate of drug-likeness (QED) is 0.698. The summed E-state index contributed by atoms with van der Waals surface area (Å²) in [5.74, 6) is 0.974. The van der Waals surface area contributed by atoms with Gasteiger partial charge in [-0.3, -0.25) is 4.79 Å². The van der Waals surface area contributed by atoms with Crippen LogP contribution in [0.25, 0.3) is 0 Å². The van der Waals surface area contributed by atoms with Crippen molar-refractivity contribution in [2.24, 2.45) is 0 Å². The number of oxazole rings is 1. The van der Waals surface area contributed by atoms with Gasteiger partial charge in [0.15, 0.2) is 0 Å². The Labute approximate surface area is 106 Å². The van der Waals surface area contributed by atoms with Crippen molar-refractivity contribution < 1.29 is 19.1 Å². The molecule has 0 fully saturated rings. The minimum absolute atomic E-state index is 0.00945. The highest BCUT2D eigenvalue weighted by Gasteiger charge is 2.12. The SMILES string of the molecule is CCOC(=O)CC(O)CNCc1nc(C)c(C)o1. The Kier molecular flexibility index (Phi) is 5.80. The molecule has 6 heteroatoms. The molecule has 0 saturated carbocycles. The van der Waals surface area contributed by atoms with Crippen LogP contribution in [0, 0.1) is 13.8 Å². The molecule has 1 unspecified atom stereocenters. The lowest BCUT2D eigenvalue weighted by molar-refractivity contribution is -0.145. The van der Waals surface area contributed by atoms with Crippen molar-refractivity contribution in [2.45, 2.75) is 39.8 Å². The molecule has 0 amide bonds. The van der Waals surface area contributed by atoms with Gasteiger partial charge in [-0.2, -0.15) is 0 Å². The summed E-state index contributed by atoms with van der Waals surface area (Å²) in [4.78, 5) is 15.3. The molecule has 2 N–H and O–H groups in total. The molecular weight excluding hydrogens is 236 g/mol. The van der Waals surface area contributed by atoms with E-state index in [-0.39, 0.29) is 6.42 Å². The Morgan fingerprint density at radius 1 is 1.56 bits per heavy atom. The largest absolute Gasteiger partial charge is 0.466 e. The third-order valence-corrected chi connectivity index (χ3v) is 2.44. The fourth-order valence-electron chi connectivity index (χ4n) is 1.44. The van der Waals surface area contributed by atoms with Crippen LogP contribution in [0.15, 0.2) is 4.42 Å². The molecule has 1 rings (SSSR count). The zero-order valence-electron chi connectivity index (χ0n) is 11.0. The van der Waals surface area contributed by atoms with Crippen LogP contribution in [0.2, 0.25) is 0 Å². The summed E-state index contributed by atoms with van der Waals surface area (Å²) >= 11 is 0. The molecule has 1 aromatic rings. The molecule has 6 nitrogen and oxygen atoms in total. The van der Waals surface area contributed by atoms with Crippen molar-refractivity contribution in [3.8, 4) is 0 Å². The van der Waals surface area contributed by atoms with Crippen LogP contribution in [0.5, 0.6) is 0 Å². The van der Waals surface area contributed by atoms with E-state index in [1.807, 2.05) is 13.8 Å². The number of aliphatic hydroxyl groups excluding tert-OH is 1. The van der Waals surface area contributed by atoms with E-state index in [1.54, 1.807) is 6.92 Å². The maximum atomic E-state index is 11.1. The van der Waals surface area contributed by atoms with Gasteiger partial charge in [0, 0.05) is 6.54 Å². The summed E-state index contributed by atoms with van der Waals surface area (Å²) in [5.41, 5.74) is 0.860. The fourth-order valence-corrected chi connectivity index (χ4v) is 1.44. The third kappa shape index (κ3) is 4.85. The van der Waals surface area contributed by atoms with E-state index in [0.29, 0.717) is 25.6 Å². The topological polar surface area (TPSA) is 84.6 Å². The number of aliphatic hydroxyl groups is 1. The Bertz CT molecular complexity index is 370. The third-order valence-electron chi connectivity index (χ3n) is 2.44. The summed E-state index contributed by atoms with van der Waals surface area (Å²) in [7, 11) is 0. The van der Waals surface area contributed by atoms with Gasteiger partial charge in [0.1, 0.15) is 5.76 Å². The molecule has 0 aromatic carbocycles. The van der Waals surface area contributed by atoms with Crippen LogP contribution in [-0.4, -0.2) is 35.3 Å². The average Bonchev–Trinajstić information content (AvgIpc) is 2.58. The van der Waals surface area contributed by atoms with E-state index in [1.165, 1.54) is 0 Å². The maximum Gasteiger partial charge on any atom is 0.308 e. The molecular formula is C12H20N2O4. The second-order valence-electron chi connectivity index (χ2n) is 4.04. The Morgan fingerprint density at radius 3 is 2.83 bits per heavy atom. The standard InChI is InChI=1S/C12H20N2O4/c1-4-17-12(16)5-10(15)6-13-7-11-14-8(2)9(3)18-11/h10,13,15H,4-7H2,1-3H3. The first-order valence-electron chi connectivity index (χ1n) is 6.00. The number of rotatable bonds is 7. The highest BCUT2D eigenvalue weighted by Crippen LogP contribution is 2.07. The van der Waals surface area contributed by atoms with Crippen LogP contribution < -0.4 is 5.32 Å². The first kappa shape index (κ1) is 14.7. The van der Waals surface area contributed by atoms with Gasteiger partial charge in [0.05, 0.1) is 31.4 Å². The molecule has 1 heterocycles. The highest BCUT2D eigenvalue weighted by molar-refractivity contribution is 5.69. The number of nitrogens with one attached hydrogen (secondary N) is 1. The van der Waals surface area contributed by atoms with Crippen LogP contribution in [0.1, 0.15) is 30.7 Å². The van der Waals surface area contributed by atoms with E-state index in [2.05, 4.69) is 10.3 Å². The predicted molar refractivity (Wildman–Crippen MR) is 64.9 cm³/mol. The lowest BCUT2D eigenvalue weighted by atomic mass is 10.2. The zero-order valence-corrected chi connectivity index (χ0v) is 11.0. The molecule has 0 aliphatic carbocycles. The van der Waals surface area contributed by atoms with Crippen molar-refractivity contribution in [1.29, 1.82) is 0 Å². The lowest BCUT2D eigenvalue weighted by Gasteiger charge is -2.09. The monoisotopic (exact) mass is 256 g/mol. The zero-order chi connectivity index (χ0) is 13.5. The number of aromatic nitrogens is 1. The van der Waals surface area contributed by atoms with E-state index < -0.39 is 12.1 Å². The Hall–Kier alpha value is -1.40. The number of ether oxygens (including phenoxy) is 1. The smallest absolute Gasteiger partial charge is 0.308 e. The van der Waals surface area contributed by atoms with Crippen molar-refractivity contribution in [1.82, 2.24) is 10.3 Å². The summed E-state index contributed by atoms with van der Waals surface area (Å²) in [5, 5.41) is 12.5. The molecule has 102 valence electrons. The molecule has 0 bridgehead atoms. The number of carbonyl (C=O) groups is 1. The first-order valence-corrected chi connectivity index (χ1v) is 6.00. The van der Waals surface area contributed by atoms with E-state index in [9.17, 15) is 9.90 Å². The first-order chi connectivity index (χ1) is 8.52. The van der Waals surface area contributed by atoms with Crippen molar-refractivity contribution >= 4 is 5.97 Å². The number of carbonyl (C=O) groups excluding carboxylic acids is 1. The molecule has 18 heavy (non-hydrogen) atoms. The molecule has 0 spiro atoms. The van der Waals surface area contributed by atoms with Gasteiger partial charge in [0.25, 0.3) is 0 Å². The van der Waals surface area contributed by atoms with Crippen LogP contribution in [0.3, 0.4) is 0 Å². The van der Waals surface area contributed by atoms with Crippen LogP contribution in [0.4, 0.5) is 0 Å². The maximum absolute atomic E-state index is 11.1. The van der Waals surface area contributed by atoms with Crippen LogP contribution >= 0.6 is 0 Å². The van der Waals surface area contributed by atoms with Gasteiger partial charge in [0.2, 0.25) is 5.89 Å².